The molecule has 1 amide bonds. The second-order valence-corrected chi connectivity index (χ2v) is 9.72. The number of aliphatic hydroxyl groups excluding tert-OH is 1. The van der Waals surface area contributed by atoms with Crippen molar-refractivity contribution in [2.75, 3.05) is 30.8 Å². The maximum atomic E-state index is 16.0. The number of H-pyrrole nitrogens is 1. The predicted molar refractivity (Wildman–Crippen MR) is 162 cm³/mol. The lowest BCUT2D eigenvalue weighted by Crippen LogP contribution is -2.26. The summed E-state index contributed by atoms with van der Waals surface area (Å²) in [4.78, 5) is 24.7. The molecule has 0 aliphatic heterocycles. The Kier molecular flexibility index (Phi) is 8.63. The van der Waals surface area contributed by atoms with Gasteiger partial charge in [-0.25, -0.2) is 14.4 Å². The number of aromatic nitrogens is 3. The molecule has 0 saturated carbocycles. The van der Waals surface area contributed by atoms with E-state index in [1.165, 1.54) is 0 Å². The molecule has 0 aliphatic rings. The SMILES string of the molecule is CCOc1cc(CC)cc(C(Nc2ccc3c(N)nccc3c2)c2nc(-c3cccc(C(=O)NCCO)c3)c[nH]2)c1F. The van der Waals surface area contributed by atoms with Gasteiger partial charge in [0, 0.05) is 46.7 Å². The van der Waals surface area contributed by atoms with Gasteiger partial charge in [0.25, 0.3) is 5.91 Å². The third-order valence-electron chi connectivity index (χ3n) is 6.94. The van der Waals surface area contributed by atoms with Crippen LogP contribution in [0, 0.1) is 5.82 Å². The molecule has 10 heteroatoms. The molecule has 216 valence electrons. The van der Waals surface area contributed by atoms with Crippen LogP contribution in [0.15, 0.2) is 73.1 Å². The van der Waals surface area contributed by atoms with Gasteiger partial charge in [0.2, 0.25) is 0 Å². The summed E-state index contributed by atoms with van der Waals surface area (Å²) in [5.41, 5.74) is 9.82. The number of pyridine rings is 1. The summed E-state index contributed by atoms with van der Waals surface area (Å²) in [5.74, 6) is 0.326. The highest BCUT2D eigenvalue weighted by molar-refractivity contribution is 5.95. The number of ether oxygens (including phenoxy) is 1. The number of carbonyl (C=O) groups excluding carboxylic acids is 1. The van der Waals surface area contributed by atoms with Gasteiger partial charge in [-0.2, -0.15) is 0 Å². The van der Waals surface area contributed by atoms with Crippen LogP contribution < -0.4 is 21.1 Å². The quantitative estimate of drug-likeness (QED) is 0.147. The predicted octanol–water partition coefficient (Wildman–Crippen LogP) is 5.23. The molecule has 0 fully saturated rings. The number of nitrogens with one attached hydrogen (secondary N) is 3. The molecule has 0 radical (unpaired) electrons. The summed E-state index contributed by atoms with van der Waals surface area (Å²) >= 11 is 0. The maximum Gasteiger partial charge on any atom is 0.251 e. The van der Waals surface area contributed by atoms with Crippen molar-refractivity contribution >= 4 is 28.2 Å². The average Bonchev–Trinajstić information content (AvgIpc) is 3.50. The van der Waals surface area contributed by atoms with E-state index in [-0.39, 0.29) is 24.8 Å². The molecule has 2 heterocycles. The lowest BCUT2D eigenvalue weighted by molar-refractivity contribution is 0.0945. The lowest BCUT2D eigenvalue weighted by atomic mass is 9.99. The second-order valence-electron chi connectivity index (χ2n) is 9.72. The minimum Gasteiger partial charge on any atom is -0.491 e. The highest BCUT2D eigenvalue weighted by Gasteiger charge is 2.25. The van der Waals surface area contributed by atoms with Crippen LogP contribution >= 0.6 is 0 Å². The first-order valence-electron chi connectivity index (χ1n) is 13.8. The molecule has 2 aromatic heterocycles. The van der Waals surface area contributed by atoms with E-state index >= 15 is 4.39 Å². The number of fused-ring (bicyclic) bond motifs is 1. The van der Waals surface area contributed by atoms with Crippen LogP contribution in [0.3, 0.4) is 0 Å². The number of anilines is 2. The van der Waals surface area contributed by atoms with Crippen LogP contribution in [0.25, 0.3) is 22.0 Å². The second kappa shape index (κ2) is 12.7. The highest BCUT2D eigenvalue weighted by atomic mass is 19.1. The first-order valence-corrected chi connectivity index (χ1v) is 13.8. The zero-order valence-corrected chi connectivity index (χ0v) is 23.4. The monoisotopic (exact) mass is 568 g/mol. The molecule has 0 bridgehead atoms. The van der Waals surface area contributed by atoms with Gasteiger partial charge < -0.3 is 31.2 Å². The van der Waals surface area contributed by atoms with E-state index in [2.05, 4.69) is 20.6 Å². The number of nitrogen functional groups attached to an aromatic ring is 1. The number of halogens is 1. The van der Waals surface area contributed by atoms with Gasteiger partial charge in [0.15, 0.2) is 11.6 Å². The summed E-state index contributed by atoms with van der Waals surface area (Å²) in [6, 6.07) is 17.4. The molecule has 3 aromatic carbocycles. The van der Waals surface area contributed by atoms with Gasteiger partial charge in [-0.15, -0.1) is 0 Å². The van der Waals surface area contributed by atoms with E-state index in [9.17, 15) is 4.79 Å². The van der Waals surface area contributed by atoms with Gasteiger partial charge in [0.1, 0.15) is 17.7 Å². The molecule has 0 spiro atoms. The van der Waals surface area contributed by atoms with Crippen molar-refractivity contribution in [3.8, 4) is 17.0 Å². The number of hydrogen-bond acceptors (Lipinski definition) is 7. The van der Waals surface area contributed by atoms with E-state index in [1.54, 1.807) is 36.7 Å². The van der Waals surface area contributed by atoms with Crippen LogP contribution in [0.2, 0.25) is 0 Å². The Morgan fingerprint density at radius 2 is 2.00 bits per heavy atom. The van der Waals surface area contributed by atoms with Crippen LogP contribution in [0.4, 0.5) is 15.9 Å². The summed E-state index contributed by atoms with van der Waals surface area (Å²) < 4.78 is 21.7. The number of carbonyl (C=O) groups is 1. The lowest BCUT2D eigenvalue weighted by Gasteiger charge is -2.22. The van der Waals surface area contributed by atoms with Crippen molar-refractivity contribution < 1.29 is 19.0 Å². The van der Waals surface area contributed by atoms with E-state index in [0.717, 1.165) is 22.0 Å². The van der Waals surface area contributed by atoms with E-state index in [0.29, 0.717) is 47.1 Å². The fraction of sp³-hybridized carbons (Fsp3) is 0.219. The van der Waals surface area contributed by atoms with Crippen molar-refractivity contribution in [3.63, 3.8) is 0 Å². The molecule has 5 rings (SSSR count). The van der Waals surface area contributed by atoms with E-state index in [4.69, 9.17) is 20.6 Å². The zero-order chi connectivity index (χ0) is 29.6. The number of aliphatic hydroxyl groups is 1. The van der Waals surface area contributed by atoms with Crippen LogP contribution in [-0.4, -0.2) is 45.7 Å². The Morgan fingerprint density at radius 3 is 2.79 bits per heavy atom. The first kappa shape index (κ1) is 28.6. The number of benzene rings is 3. The number of hydrogen-bond donors (Lipinski definition) is 5. The van der Waals surface area contributed by atoms with Crippen molar-refractivity contribution in [2.24, 2.45) is 0 Å². The largest absolute Gasteiger partial charge is 0.491 e. The van der Waals surface area contributed by atoms with Gasteiger partial charge in [-0.3, -0.25) is 4.79 Å². The van der Waals surface area contributed by atoms with Crippen molar-refractivity contribution in [1.82, 2.24) is 20.3 Å². The molecular weight excluding hydrogens is 535 g/mol. The van der Waals surface area contributed by atoms with Gasteiger partial charge in [-0.05, 0) is 66.8 Å². The molecule has 5 aromatic rings. The van der Waals surface area contributed by atoms with Gasteiger partial charge in [-0.1, -0.05) is 25.1 Å². The molecule has 42 heavy (non-hydrogen) atoms. The molecule has 1 atom stereocenters. The average molecular weight is 569 g/mol. The zero-order valence-electron chi connectivity index (χ0n) is 23.4. The fourth-order valence-electron chi connectivity index (χ4n) is 4.83. The Balaban J connectivity index is 1.57. The minimum absolute atomic E-state index is 0.148. The number of amides is 1. The number of aryl methyl sites for hydroxylation is 1. The van der Waals surface area contributed by atoms with E-state index < -0.39 is 11.9 Å². The summed E-state index contributed by atoms with van der Waals surface area (Å²) in [6.45, 7) is 4.17. The summed E-state index contributed by atoms with van der Waals surface area (Å²) in [5, 5.41) is 16.9. The Hall–Kier alpha value is -4.96. The Morgan fingerprint density at radius 1 is 1.14 bits per heavy atom. The third kappa shape index (κ3) is 6.03. The molecule has 0 saturated heterocycles. The first-order chi connectivity index (χ1) is 20.4. The van der Waals surface area contributed by atoms with Crippen LogP contribution in [-0.2, 0) is 6.42 Å². The normalized spacial score (nSPS) is 11.8. The minimum atomic E-state index is -0.711. The fourth-order valence-corrected chi connectivity index (χ4v) is 4.83. The van der Waals surface area contributed by atoms with Gasteiger partial charge in [0.05, 0.1) is 18.9 Å². The summed E-state index contributed by atoms with van der Waals surface area (Å²) in [7, 11) is 0. The molecule has 0 aliphatic carbocycles. The maximum absolute atomic E-state index is 16.0. The number of imidazole rings is 1. The van der Waals surface area contributed by atoms with Crippen molar-refractivity contribution in [1.29, 1.82) is 0 Å². The smallest absolute Gasteiger partial charge is 0.251 e. The molecule has 1 unspecified atom stereocenters. The summed E-state index contributed by atoms with van der Waals surface area (Å²) in [6.07, 6.45) is 4.07. The Labute approximate surface area is 243 Å². The number of aromatic amines is 1. The molecular formula is C32H33FN6O3. The molecule has 6 N–H and O–H groups in total. The highest BCUT2D eigenvalue weighted by Crippen LogP contribution is 2.35. The van der Waals surface area contributed by atoms with Crippen molar-refractivity contribution in [2.45, 2.75) is 26.3 Å². The van der Waals surface area contributed by atoms with Crippen LogP contribution in [0.5, 0.6) is 5.75 Å². The third-order valence-corrected chi connectivity index (χ3v) is 6.94. The van der Waals surface area contributed by atoms with Crippen LogP contribution in [0.1, 0.15) is 47.2 Å². The number of nitrogens with zero attached hydrogens (tertiary/aromatic N) is 2. The van der Waals surface area contributed by atoms with Gasteiger partial charge >= 0.3 is 0 Å². The molecule has 9 nitrogen and oxygen atoms in total. The van der Waals surface area contributed by atoms with E-state index in [1.807, 2.05) is 50.2 Å². The topological polar surface area (TPSA) is 138 Å². The number of nitrogens with two attached hydrogens (primary N) is 1. The number of rotatable bonds is 11. The van der Waals surface area contributed by atoms with Crippen molar-refractivity contribution in [3.05, 3.63) is 101 Å². The Bertz CT molecular complexity index is 1720. The standard InChI is InChI=1S/C32H33FN6O3/c1-3-19-14-25(28(33)27(15-19)42-4-2)29(38-23-8-9-24-20(17-23)10-11-35-30(24)34)31-37-18-26(39-31)21-6-5-7-22(16-21)32(41)36-12-13-40/h5-11,14-18,29,38,40H,3-4,12-13H2,1-2H3,(H2,34,35)(H,36,41)(H,37,39).